The van der Waals surface area contributed by atoms with Crippen LogP contribution in [0.5, 0.6) is 0 Å². The fraction of sp³-hybridized carbons (Fsp3) is 0.938. The lowest BCUT2D eigenvalue weighted by Gasteiger charge is -2.36. The summed E-state index contributed by atoms with van der Waals surface area (Å²) in [6.45, 7) is 4.12. The molecule has 0 saturated heterocycles. The van der Waals surface area contributed by atoms with E-state index in [2.05, 4.69) is 13.8 Å². The molecule has 3 saturated carbocycles. The van der Waals surface area contributed by atoms with Crippen molar-refractivity contribution < 1.29 is 17.4 Å². The van der Waals surface area contributed by atoms with Crippen molar-refractivity contribution in [2.75, 3.05) is 5.75 Å². The van der Waals surface area contributed by atoms with Crippen LogP contribution in [0.15, 0.2) is 0 Å². The molecule has 0 aromatic carbocycles. The zero-order valence-corrected chi connectivity index (χ0v) is 13.9. The number of carbonyl (C=O) groups is 1. The Kier molecular flexibility index (Phi) is 3.72. The quantitative estimate of drug-likeness (QED) is 0.748. The van der Waals surface area contributed by atoms with Gasteiger partial charge < -0.3 is 0 Å². The normalized spacial score (nSPS) is 36.3. The highest BCUT2D eigenvalue weighted by Gasteiger charge is 2.65. The first kappa shape index (κ1) is 15.5. The van der Waals surface area contributed by atoms with Crippen LogP contribution >= 0.6 is 0 Å². The van der Waals surface area contributed by atoms with Gasteiger partial charge in [0.05, 0.1) is 17.3 Å². The number of carbonyl (C=O) groups excluding carboxylic acids is 1. The van der Waals surface area contributed by atoms with Crippen molar-refractivity contribution in [1.82, 2.24) is 0 Å². The summed E-state index contributed by atoms with van der Waals surface area (Å²) in [6, 6.07) is 0. The highest BCUT2D eigenvalue weighted by atomic mass is 32.2. The molecule has 2 atom stereocenters. The zero-order valence-electron chi connectivity index (χ0n) is 13.1. The van der Waals surface area contributed by atoms with Gasteiger partial charge in [-0.25, -0.2) is 0 Å². The number of Topliss-reactive ketones (excluding diaryl/α,β-unsaturated/α-hetero) is 1. The lowest BCUT2D eigenvalue weighted by atomic mass is 9.70. The third-order valence-electron chi connectivity index (χ3n) is 6.40. The maximum Gasteiger partial charge on any atom is 0.268 e. The predicted octanol–water partition coefficient (Wildman–Crippen LogP) is 3.06. The van der Waals surface area contributed by atoms with E-state index in [4.69, 9.17) is 4.18 Å². The summed E-state index contributed by atoms with van der Waals surface area (Å²) < 4.78 is 30.4. The molecule has 0 aromatic rings. The number of ketones is 1. The van der Waals surface area contributed by atoms with Crippen molar-refractivity contribution in [3.8, 4) is 0 Å². The summed E-state index contributed by atoms with van der Waals surface area (Å²) in [4.78, 5) is 12.4. The van der Waals surface area contributed by atoms with Crippen molar-refractivity contribution in [2.45, 2.75) is 71.3 Å². The largest absolute Gasteiger partial charge is 0.299 e. The van der Waals surface area contributed by atoms with Crippen LogP contribution in [-0.2, 0) is 19.1 Å². The minimum absolute atomic E-state index is 0.112. The van der Waals surface area contributed by atoms with Gasteiger partial charge in [0.1, 0.15) is 5.78 Å². The van der Waals surface area contributed by atoms with Crippen LogP contribution in [0.25, 0.3) is 0 Å². The van der Waals surface area contributed by atoms with Crippen molar-refractivity contribution in [3.63, 3.8) is 0 Å². The van der Waals surface area contributed by atoms with Crippen LogP contribution in [-0.4, -0.2) is 26.1 Å². The summed E-state index contributed by atoms with van der Waals surface area (Å²) in [6.07, 6.45) is 6.95. The zero-order chi connectivity index (χ0) is 15.3. The average molecular weight is 314 g/mol. The van der Waals surface area contributed by atoms with E-state index in [1.807, 2.05) is 0 Å². The van der Waals surface area contributed by atoms with Crippen molar-refractivity contribution in [1.29, 1.82) is 0 Å². The van der Waals surface area contributed by atoms with E-state index in [-0.39, 0.29) is 23.1 Å². The molecule has 5 heteroatoms. The molecular weight excluding hydrogens is 288 g/mol. The fourth-order valence-electron chi connectivity index (χ4n) is 4.81. The SMILES string of the molecule is CC1(C)[C@@H]2CC[C@@]1(CS(=O)(=O)OC1CCCCC1)C(=O)C2. The van der Waals surface area contributed by atoms with Gasteiger partial charge in [-0.05, 0) is 37.0 Å². The number of hydrogen-bond donors (Lipinski definition) is 0. The number of rotatable bonds is 4. The minimum atomic E-state index is -3.63. The van der Waals surface area contributed by atoms with Crippen LogP contribution in [0.4, 0.5) is 0 Å². The first-order chi connectivity index (χ1) is 9.77. The average Bonchev–Trinajstić information content (AvgIpc) is 2.72. The molecule has 2 bridgehead atoms. The molecule has 21 heavy (non-hydrogen) atoms. The highest BCUT2D eigenvalue weighted by Crippen LogP contribution is 2.64. The Morgan fingerprint density at radius 1 is 1.14 bits per heavy atom. The molecule has 0 radical (unpaired) electrons. The Morgan fingerprint density at radius 3 is 2.33 bits per heavy atom. The molecule has 0 N–H and O–H groups in total. The van der Waals surface area contributed by atoms with Gasteiger partial charge in [0.25, 0.3) is 10.1 Å². The van der Waals surface area contributed by atoms with Gasteiger partial charge in [-0.3, -0.25) is 8.98 Å². The smallest absolute Gasteiger partial charge is 0.268 e. The molecule has 0 aliphatic heterocycles. The lowest BCUT2D eigenvalue weighted by Crippen LogP contribution is -2.43. The molecule has 3 rings (SSSR count). The van der Waals surface area contributed by atoms with E-state index < -0.39 is 15.5 Å². The van der Waals surface area contributed by atoms with Crippen LogP contribution in [0, 0.1) is 16.7 Å². The molecule has 0 amide bonds. The monoisotopic (exact) mass is 314 g/mol. The fourth-order valence-corrected chi connectivity index (χ4v) is 6.77. The van der Waals surface area contributed by atoms with E-state index in [0.29, 0.717) is 18.8 Å². The molecule has 0 heterocycles. The van der Waals surface area contributed by atoms with Crippen LogP contribution < -0.4 is 0 Å². The van der Waals surface area contributed by atoms with Gasteiger partial charge in [-0.15, -0.1) is 0 Å². The summed E-state index contributed by atoms with van der Waals surface area (Å²) >= 11 is 0. The molecule has 0 aromatic heterocycles. The second-order valence-corrected chi connectivity index (χ2v) is 9.32. The maximum atomic E-state index is 12.5. The Balaban J connectivity index is 1.76. The lowest BCUT2D eigenvalue weighted by molar-refractivity contribution is -0.128. The van der Waals surface area contributed by atoms with Crippen molar-refractivity contribution in [3.05, 3.63) is 0 Å². The van der Waals surface area contributed by atoms with E-state index in [0.717, 1.165) is 38.5 Å². The summed E-state index contributed by atoms with van der Waals surface area (Å²) in [5.41, 5.74) is -0.918. The van der Waals surface area contributed by atoms with E-state index in [1.165, 1.54) is 0 Å². The summed E-state index contributed by atoms with van der Waals surface area (Å²) in [5.74, 6) is 0.369. The summed E-state index contributed by atoms with van der Waals surface area (Å²) in [5, 5.41) is 0. The van der Waals surface area contributed by atoms with Gasteiger partial charge >= 0.3 is 0 Å². The standard InChI is InChI=1S/C16H26O4S/c1-15(2)12-8-9-16(15,14(17)10-12)11-21(18,19)20-13-6-4-3-5-7-13/h12-13H,3-11H2,1-2H3/t12-,16-/m1/s1. The van der Waals surface area contributed by atoms with E-state index in [9.17, 15) is 13.2 Å². The molecule has 120 valence electrons. The maximum absolute atomic E-state index is 12.5. The van der Waals surface area contributed by atoms with Crippen LogP contribution in [0.3, 0.4) is 0 Å². The molecule has 4 nitrogen and oxygen atoms in total. The molecule has 3 aliphatic rings. The third-order valence-corrected chi connectivity index (χ3v) is 7.81. The van der Waals surface area contributed by atoms with E-state index >= 15 is 0 Å². The first-order valence-electron chi connectivity index (χ1n) is 8.21. The Labute approximate surface area is 127 Å². The van der Waals surface area contributed by atoms with Gasteiger partial charge in [0, 0.05) is 6.42 Å². The summed E-state index contributed by atoms with van der Waals surface area (Å²) in [7, 11) is -3.63. The minimum Gasteiger partial charge on any atom is -0.299 e. The Morgan fingerprint density at radius 2 is 1.81 bits per heavy atom. The topological polar surface area (TPSA) is 60.4 Å². The molecule has 0 unspecified atom stereocenters. The second-order valence-electron chi connectivity index (χ2n) is 7.72. The molecule has 3 aliphatic carbocycles. The Bertz CT molecular complexity index is 530. The van der Waals surface area contributed by atoms with Gasteiger partial charge in [0.15, 0.2) is 0 Å². The van der Waals surface area contributed by atoms with Crippen molar-refractivity contribution >= 4 is 15.9 Å². The van der Waals surface area contributed by atoms with Crippen LogP contribution in [0.1, 0.15) is 65.2 Å². The van der Waals surface area contributed by atoms with E-state index in [1.54, 1.807) is 0 Å². The second kappa shape index (κ2) is 5.05. The van der Waals surface area contributed by atoms with Gasteiger partial charge in [0.2, 0.25) is 0 Å². The molecule has 0 spiro atoms. The number of fused-ring (bicyclic) bond motifs is 2. The van der Waals surface area contributed by atoms with Gasteiger partial charge in [-0.2, -0.15) is 8.42 Å². The Hall–Kier alpha value is -0.420. The highest BCUT2D eigenvalue weighted by molar-refractivity contribution is 7.86. The first-order valence-corrected chi connectivity index (χ1v) is 9.79. The molecular formula is C16H26O4S. The van der Waals surface area contributed by atoms with Gasteiger partial charge in [-0.1, -0.05) is 33.1 Å². The predicted molar refractivity (Wildman–Crippen MR) is 80.3 cm³/mol. The third kappa shape index (κ3) is 2.46. The van der Waals surface area contributed by atoms with Crippen LogP contribution in [0.2, 0.25) is 0 Å². The molecule has 3 fully saturated rings. The van der Waals surface area contributed by atoms with Crippen molar-refractivity contribution in [2.24, 2.45) is 16.7 Å². The number of hydrogen-bond acceptors (Lipinski definition) is 4.